The first-order valence-corrected chi connectivity index (χ1v) is 8.23. The molecule has 0 unspecified atom stereocenters. The molecule has 1 saturated carbocycles. The highest BCUT2D eigenvalue weighted by molar-refractivity contribution is 5.79. The predicted molar refractivity (Wildman–Crippen MR) is 89.3 cm³/mol. The Morgan fingerprint density at radius 2 is 1.96 bits per heavy atom. The maximum absolute atomic E-state index is 12.2. The number of hydrogen-bond donors (Lipinski definition) is 2. The first-order valence-electron chi connectivity index (χ1n) is 8.23. The molecule has 2 amide bonds. The van der Waals surface area contributed by atoms with E-state index in [0.717, 1.165) is 43.5 Å². The van der Waals surface area contributed by atoms with Crippen LogP contribution in [0.1, 0.15) is 38.2 Å². The SMILES string of the molecule is COc1cccc(CC(=O)NC2CCC(CNC(C)=O)CC2)c1. The summed E-state index contributed by atoms with van der Waals surface area (Å²) >= 11 is 0. The molecule has 0 heterocycles. The van der Waals surface area contributed by atoms with Gasteiger partial charge in [0.05, 0.1) is 13.5 Å². The van der Waals surface area contributed by atoms with E-state index in [0.29, 0.717) is 12.3 Å². The fourth-order valence-electron chi connectivity index (χ4n) is 3.05. The van der Waals surface area contributed by atoms with Crippen molar-refractivity contribution < 1.29 is 14.3 Å². The second-order valence-electron chi connectivity index (χ2n) is 6.25. The molecular weight excluding hydrogens is 292 g/mol. The van der Waals surface area contributed by atoms with E-state index in [1.807, 2.05) is 24.3 Å². The zero-order chi connectivity index (χ0) is 16.7. The Kier molecular flexibility index (Phi) is 6.44. The normalized spacial score (nSPS) is 20.6. The van der Waals surface area contributed by atoms with Crippen molar-refractivity contribution >= 4 is 11.8 Å². The van der Waals surface area contributed by atoms with Crippen LogP contribution in [0.5, 0.6) is 5.75 Å². The third kappa shape index (κ3) is 5.93. The van der Waals surface area contributed by atoms with Crippen LogP contribution in [0.15, 0.2) is 24.3 Å². The van der Waals surface area contributed by atoms with Gasteiger partial charge in [0.25, 0.3) is 0 Å². The Balaban J connectivity index is 1.73. The molecule has 0 radical (unpaired) electrons. The molecule has 1 aliphatic rings. The average molecular weight is 318 g/mol. The number of rotatable bonds is 6. The van der Waals surface area contributed by atoms with Crippen molar-refractivity contribution in [1.29, 1.82) is 0 Å². The maximum atomic E-state index is 12.2. The molecule has 1 aromatic rings. The monoisotopic (exact) mass is 318 g/mol. The van der Waals surface area contributed by atoms with E-state index in [1.165, 1.54) is 0 Å². The molecule has 0 bridgehead atoms. The lowest BCUT2D eigenvalue weighted by Gasteiger charge is -2.29. The van der Waals surface area contributed by atoms with Gasteiger partial charge in [-0.3, -0.25) is 9.59 Å². The topological polar surface area (TPSA) is 67.4 Å². The standard InChI is InChI=1S/C18H26N2O3/c1-13(21)19-12-14-6-8-16(9-7-14)20-18(22)11-15-4-3-5-17(10-15)23-2/h3-5,10,14,16H,6-9,11-12H2,1-2H3,(H,19,21)(H,20,22). The van der Waals surface area contributed by atoms with Crippen LogP contribution in [-0.2, 0) is 16.0 Å². The summed E-state index contributed by atoms with van der Waals surface area (Å²) in [5.41, 5.74) is 0.959. The van der Waals surface area contributed by atoms with Crippen molar-refractivity contribution in [3.63, 3.8) is 0 Å². The molecule has 0 saturated heterocycles. The van der Waals surface area contributed by atoms with Gasteiger partial charge < -0.3 is 15.4 Å². The number of hydrogen-bond acceptors (Lipinski definition) is 3. The van der Waals surface area contributed by atoms with Gasteiger partial charge in [0, 0.05) is 19.5 Å². The van der Waals surface area contributed by atoms with E-state index in [1.54, 1.807) is 14.0 Å². The molecule has 2 rings (SSSR count). The number of nitrogens with one attached hydrogen (secondary N) is 2. The highest BCUT2D eigenvalue weighted by atomic mass is 16.5. The second-order valence-corrected chi connectivity index (χ2v) is 6.25. The molecule has 5 heteroatoms. The van der Waals surface area contributed by atoms with Crippen molar-refractivity contribution in [1.82, 2.24) is 10.6 Å². The Morgan fingerprint density at radius 3 is 2.61 bits per heavy atom. The minimum absolute atomic E-state index is 0.0266. The fraction of sp³-hybridized carbons (Fsp3) is 0.556. The number of ether oxygens (including phenoxy) is 1. The number of amides is 2. The highest BCUT2D eigenvalue weighted by Gasteiger charge is 2.22. The molecule has 23 heavy (non-hydrogen) atoms. The molecule has 126 valence electrons. The molecule has 0 aromatic heterocycles. The summed E-state index contributed by atoms with van der Waals surface area (Å²) < 4.78 is 5.18. The van der Waals surface area contributed by atoms with Gasteiger partial charge in [-0.25, -0.2) is 0 Å². The Hall–Kier alpha value is -2.04. The van der Waals surface area contributed by atoms with Crippen LogP contribution in [0, 0.1) is 5.92 Å². The summed E-state index contributed by atoms with van der Waals surface area (Å²) in [6.07, 6.45) is 4.43. The van der Waals surface area contributed by atoms with Gasteiger partial charge in [-0.2, -0.15) is 0 Å². The summed E-state index contributed by atoms with van der Waals surface area (Å²) in [5.74, 6) is 1.39. The predicted octanol–water partition coefficient (Wildman–Crippen LogP) is 2.05. The molecule has 0 atom stereocenters. The Labute approximate surface area is 137 Å². The third-order valence-corrected chi connectivity index (χ3v) is 4.35. The molecule has 1 aliphatic carbocycles. The van der Waals surface area contributed by atoms with Gasteiger partial charge in [-0.1, -0.05) is 12.1 Å². The fourth-order valence-corrected chi connectivity index (χ4v) is 3.05. The number of carbonyl (C=O) groups is 2. The lowest BCUT2D eigenvalue weighted by Crippen LogP contribution is -2.40. The van der Waals surface area contributed by atoms with Gasteiger partial charge in [0.2, 0.25) is 11.8 Å². The van der Waals surface area contributed by atoms with Gasteiger partial charge in [0.15, 0.2) is 0 Å². The van der Waals surface area contributed by atoms with Gasteiger partial charge in [-0.05, 0) is 49.3 Å². The van der Waals surface area contributed by atoms with E-state index in [-0.39, 0.29) is 17.9 Å². The summed E-state index contributed by atoms with van der Waals surface area (Å²) in [4.78, 5) is 23.1. The third-order valence-electron chi connectivity index (χ3n) is 4.35. The summed E-state index contributed by atoms with van der Waals surface area (Å²) in [5, 5.41) is 6.00. The zero-order valence-corrected chi connectivity index (χ0v) is 13.9. The Bertz CT molecular complexity index is 537. The lowest BCUT2D eigenvalue weighted by molar-refractivity contribution is -0.121. The Morgan fingerprint density at radius 1 is 1.22 bits per heavy atom. The van der Waals surface area contributed by atoms with Crippen LogP contribution in [0.4, 0.5) is 0 Å². The second kappa shape index (κ2) is 8.56. The lowest BCUT2D eigenvalue weighted by atomic mass is 9.86. The van der Waals surface area contributed by atoms with Gasteiger partial charge in [0.1, 0.15) is 5.75 Å². The molecule has 1 aromatic carbocycles. The van der Waals surface area contributed by atoms with Crippen LogP contribution in [-0.4, -0.2) is 31.5 Å². The van der Waals surface area contributed by atoms with Crippen molar-refractivity contribution in [3.05, 3.63) is 29.8 Å². The first-order chi connectivity index (χ1) is 11.1. The van der Waals surface area contributed by atoms with Crippen molar-refractivity contribution in [2.24, 2.45) is 5.92 Å². The molecule has 0 spiro atoms. The van der Waals surface area contributed by atoms with Crippen LogP contribution >= 0.6 is 0 Å². The van der Waals surface area contributed by atoms with Crippen molar-refractivity contribution in [2.75, 3.05) is 13.7 Å². The number of carbonyl (C=O) groups excluding carboxylic acids is 2. The van der Waals surface area contributed by atoms with E-state index >= 15 is 0 Å². The highest BCUT2D eigenvalue weighted by Crippen LogP contribution is 2.24. The minimum Gasteiger partial charge on any atom is -0.497 e. The minimum atomic E-state index is 0.0266. The van der Waals surface area contributed by atoms with E-state index in [2.05, 4.69) is 10.6 Å². The molecular formula is C18H26N2O3. The van der Waals surface area contributed by atoms with Crippen LogP contribution in [0.2, 0.25) is 0 Å². The smallest absolute Gasteiger partial charge is 0.224 e. The summed E-state index contributed by atoms with van der Waals surface area (Å²) in [7, 11) is 1.62. The summed E-state index contributed by atoms with van der Waals surface area (Å²) in [6, 6.07) is 7.85. The van der Waals surface area contributed by atoms with Gasteiger partial charge >= 0.3 is 0 Å². The maximum Gasteiger partial charge on any atom is 0.224 e. The van der Waals surface area contributed by atoms with E-state index in [4.69, 9.17) is 4.74 Å². The average Bonchev–Trinajstić information content (AvgIpc) is 2.54. The summed E-state index contributed by atoms with van der Waals surface area (Å²) in [6.45, 7) is 2.30. The molecule has 2 N–H and O–H groups in total. The van der Waals surface area contributed by atoms with Gasteiger partial charge in [-0.15, -0.1) is 0 Å². The molecule has 5 nitrogen and oxygen atoms in total. The molecule has 0 aliphatic heterocycles. The van der Waals surface area contributed by atoms with E-state index in [9.17, 15) is 9.59 Å². The molecule has 1 fully saturated rings. The van der Waals surface area contributed by atoms with Crippen molar-refractivity contribution in [2.45, 2.75) is 45.1 Å². The first kappa shape index (κ1) is 17.3. The largest absolute Gasteiger partial charge is 0.497 e. The van der Waals surface area contributed by atoms with Crippen LogP contribution in [0.25, 0.3) is 0 Å². The van der Waals surface area contributed by atoms with Crippen molar-refractivity contribution in [3.8, 4) is 5.75 Å². The van der Waals surface area contributed by atoms with Crippen LogP contribution < -0.4 is 15.4 Å². The van der Waals surface area contributed by atoms with Crippen LogP contribution in [0.3, 0.4) is 0 Å². The number of benzene rings is 1. The van der Waals surface area contributed by atoms with E-state index < -0.39 is 0 Å². The quantitative estimate of drug-likeness (QED) is 0.843. The number of methoxy groups -OCH3 is 1. The zero-order valence-electron chi connectivity index (χ0n) is 13.9.